The largest absolute Gasteiger partial charge is 0.330 e. The van der Waals surface area contributed by atoms with Gasteiger partial charge in [-0.2, -0.15) is 5.10 Å². The number of nitrogens with zero attached hydrogens (tertiary/aromatic N) is 2. The number of hydrogen-bond acceptors (Lipinski definition) is 2. The predicted octanol–water partition coefficient (Wildman–Crippen LogP) is 4.43. The molecule has 1 atom stereocenters. The predicted molar refractivity (Wildman–Crippen MR) is 96.6 cm³/mol. The number of aromatic nitrogens is 2. The van der Waals surface area contributed by atoms with Gasteiger partial charge in [-0.15, -0.1) is 0 Å². The van der Waals surface area contributed by atoms with E-state index >= 15 is 0 Å². The molecule has 0 bridgehead atoms. The number of nitrogens with one attached hydrogen (secondary N) is 1. The van der Waals surface area contributed by atoms with E-state index < -0.39 is 0 Å². The van der Waals surface area contributed by atoms with Crippen molar-refractivity contribution in [3.8, 4) is 11.3 Å². The molecule has 1 aromatic heterocycles. The summed E-state index contributed by atoms with van der Waals surface area (Å²) in [7, 11) is 0. The van der Waals surface area contributed by atoms with Gasteiger partial charge >= 0.3 is 0 Å². The van der Waals surface area contributed by atoms with E-state index in [4.69, 9.17) is 0 Å². The Hall–Kier alpha value is -2.40. The average molecular weight is 382 g/mol. The van der Waals surface area contributed by atoms with Crippen molar-refractivity contribution in [1.29, 1.82) is 0 Å². The first-order valence-corrected chi connectivity index (χ1v) is 8.69. The van der Waals surface area contributed by atoms with E-state index in [1.54, 1.807) is 0 Å². The first-order valence-electron chi connectivity index (χ1n) is 7.89. The number of benzene rings is 2. The maximum Gasteiger partial charge on any atom is 0.272 e. The molecule has 1 saturated heterocycles. The average Bonchev–Trinajstić information content (AvgIpc) is 3.05. The van der Waals surface area contributed by atoms with Crippen LogP contribution in [0, 0.1) is 0 Å². The Kier molecular flexibility index (Phi) is 3.94. The van der Waals surface area contributed by atoms with Gasteiger partial charge in [0.1, 0.15) is 5.69 Å². The highest BCUT2D eigenvalue weighted by molar-refractivity contribution is 9.10. The monoisotopic (exact) mass is 381 g/mol. The van der Waals surface area contributed by atoms with E-state index in [2.05, 4.69) is 38.3 Å². The maximum atomic E-state index is 12.8. The molecule has 2 aromatic carbocycles. The Balaban J connectivity index is 1.54. The van der Waals surface area contributed by atoms with Crippen molar-refractivity contribution in [1.82, 2.24) is 15.1 Å². The molecule has 4 rings (SSSR count). The third-order valence-corrected chi connectivity index (χ3v) is 4.94. The van der Waals surface area contributed by atoms with Crippen LogP contribution in [0.4, 0.5) is 0 Å². The molecular formula is C19H16BrN3O. The SMILES string of the molecule is O=C(c1cc(-c2ccc(Br)cc2)n[nH]1)N1CCC1c1ccccc1. The molecule has 24 heavy (non-hydrogen) atoms. The lowest BCUT2D eigenvalue weighted by molar-refractivity contribution is 0.0454. The van der Waals surface area contributed by atoms with Crippen LogP contribution in [0.15, 0.2) is 65.1 Å². The Morgan fingerprint density at radius 2 is 1.88 bits per heavy atom. The van der Waals surface area contributed by atoms with E-state index in [-0.39, 0.29) is 11.9 Å². The molecule has 2 heterocycles. The fraction of sp³-hybridized carbons (Fsp3) is 0.158. The highest BCUT2D eigenvalue weighted by Crippen LogP contribution is 2.34. The molecule has 5 heteroatoms. The van der Waals surface area contributed by atoms with Gasteiger partial charge in [0.15, 0.2) is 0 Å². The molecule has 1 aliphatic rings. The van der Waals surface area contributed by atoms with Crippen LogP contribution < -0.4 is 0 Å². The molecule has 0 radical (unpaired) electrons. The molecule has 1 fully saturated rings. The number of halogens is 1. The quantitative estimate of drug-likeness (QED) is 0.729. The van der Waals surface area contributed by atoms with Crippen molar-refractivity contribution < 1.29 is 4.79 Å². The summed E-state index contributed by atoms with van der Waals surface area (Å²) in [4.78, 5) is 14.7. The van der Waals surface area contributed by atoms with Gasteiger partial charge in [-0.05, 0) is 30.2 Å². The molecule has 1 unspecified atom stereocenters. The summed E-state index contributed by atoms with van der Waals surface area (Å²) in [6, 6.07) is 20.0. The standard InChI is InChI=1S/C19H16BrN3O/c20-15-8-6-13(7-9-15)16-12-17(22-21-16)19(24)23-11-10-18(23)14-4-2-1-3-5-14/h1-9,12,18H,10-11H2,(H,21,22). The lowest BCUT2D eigenvalue weighted by Crippen LogP contribution is -2.45. The van der Waals surface area contributed by atoms with E-state index in [0.29, 0.717) is 5.69 Å². The van der Waals surface area contributed by atoms with Crippen LogP contribution in [-0.4, -0.2) is 27.5 Å². The number of likely N-dealkylation sites (tertiary alicyclic amines) is 1. The van der Waals surface area contributed by atoms with Crippen LogP contribution in [0.2, 0.25) is 0 Å². The Bertz CT molecular complexity index is 858. The van der Waals surface area contributed by atoms with E-state index in [1.165, 1.54) is 5.56 Å². The van der Waals surface area contributed by atoms with Gasteiger partial charge in [0, 0.05) is 16.6 Å². The van der Waals surface area contributed by atoms with Gasteiger partial charge in [0.25, 0.3) is 5.91 Å². The lowest BCUT2D eigenvalue weighted by Gasteiger charge is -2.41. The number of carbonyl (C=O) groups excluding carboxylic acids is 1. The second-order valence-electron chi connectivity index (χ2n) is 5.89. The van der Waals surface area contributed by atoms with Crippen molar-refractivity contribution in [3.05, 3.63) is 76.4 Å². The van der Waals surface area contributed by atoms with E-state index in [9.17, 15) is 4.79 Å². The minimum Gasteiger partial charge on any atom is -0.330 e. The summed E-state index contributed by atoms with van der Waals surface area (Å²) >= 11 is 3.42. The third-order valence-electron chi connectivity index (χ3n) is 4.41. The van der Waals surface area contributed by atoms with Crippen molar-refractivity contribution in [3.63, 3.8) is 0 Å². The Morgan fingerprint density at radius 3 is 2.54 bits per heavy atom. The number of amides is 1. The minimum atomic E-state index is 0.00552. The van der Waals surface area contributed by atoms with Crippen molar-refractivity contribution in [2.45, 2.75) is 12.5 Å². The van der Waals surface area contributed by atoms with Gasteiger partial charge in [0.05, 0.1) is 11.7 Å². The van der Waals surface area contributed by atoms with Crippen LogP contribution >= 0.6 is 15.9 Å². The number of hydrogen-bond donors (Lipinski definition) is 1. The molecule has 120 valence electrons. The Labute approximate surface area is 148 Å². The highest BCUT2D eigenvalue weighted by Gasteiger charge is 2.34. The zero-order valence-corrected chi connectivity index (χ0v) is 14.5. The molecule has 1 amide bonds. The third kappa shape index (κ3) is 2.76. The van der Waals surface area contributed by atoms with Crippen molar-refractivity contribution in [2.24, 2.45) is 0 Å². The normalized spacial score (nSPS) is 16.7. The first kappa shape index (κ1) is 15.1. The molecule has 3 aromatic rings. The number of aromatic amines is 1. The molecule has 4 nitrogen and oxygen atoms in total. The van der Waals surface area contributed by atoms with Crippen LogP contribution in [0.5, 0.6) is 0 Å². The van der Waals surface area contributed by atoms with E-state index in [1.807, 2.05) is 53.4 Å². The van der Waals surface area contributed by atoms with Crippen LogP contribution in [0.3, 0.4) is 0 Å². The van der Waals surface area contributed by atoms with Crippen LogP contribution in [0.1, 0.15) is 28.5 Å². The molecule has 1 aliphatic heterocycles. The minimum absolute atomic E-state index is 0.00552. The summed E-state index contributed by atoms with van der Waals surface area (Å²) < 4.78 is 1.02. The van der Waals surface area contributed by atoms with Gasteiger partial charge in [-0.3, -0.25) is 9.89 Å². The number of carbonyl (C=O) groups is 1. The number of H-pyrrole nitrogens is 1. The van der Waals surface area contributed by atoms with Gasteiger partial charge in [-0.1, -0.05) is 58.4 Å². The lowest BCUT2D eigenvalue weighted by atomic mass is 9.94. The first-order chi connectivity index (χ1) is 11.7. The van der Waals surface area contributed by atoms with Gasteiger partial charge in [-0.25, -0.2) is 0 Å². The van der Waals surface area contributed by atoms with Crippen LogP contribution in [0.25, 0.3) is 11.3 Å². The second-order valence-corrected chi connectivity index (χ2v) is 6.80. The second kappa shape index (κ2) is 6.24. The molecule has 0 spiro atoms. The molecule has 0 saturated carbocycles. The fourth-order valence-electron chi connectivity index (χ4n) is 3.01. The summed E-state index contributed by atoms with van der Waals surface area (Å²) in [6.07, 6.45) is 1.00. The van der Waals surface area contributed by atoms with Gasteiger partial charge in [0.2, 0.25) is 0 Å². The summed E-state index contributed by atoms with van der Waals surface area (Å²) in [6.45, 7) is 0.783. The molecule has 0 aliphatic carbocycles. The maximum absolute atomic E-state index is 12.8. The van der Waals surface area contributed by atoms with E-state index in [0.717, 1.165) is 28.7 Å². The Morgan fingerprint density at radius 1 is 1.12 bits per heavy atom. The zero-order chi connectivity index (χ0) is 16.5. The van der Waals surface area contributed by atoms with Crippen LogP contribution in [-0.2, 0) is 0 Å². The number of rotatable bonds is 3. The molecule has 1 N–H and O–H groups in total. The highest BCUT2D eigenvalue weighted by atomic mass is 79.9. The van der Waals surface area contributed by atoms with Crippen molar-refractivity contribution >= 4 is 21.8 Å². The van der Waals surface area contributed by atoms with Gasteiger partial charge < -0.3 is 4.90 Å². The molecular weight excluding hydrogens is 366 g/mol. The topological polar surface area (TPSA) is 49.0 Å². The summed E-state index contributed by atoms with van der Waals surface area (Å²) in [5.74, 6) is 0.00552. The van der Waals surface area contributed by atoms with Crippen molar-refractivity contribution in [2.75, 3.05) is 6.54 Å². The summed E-state index contributed by atoms with van der Waals surface area (Å²) in [5, 5.41) is 7.17. The zero-order valence-electron chi connectivity index (χ0n) is 12.9. The summed E-state index contributed by atoms with van der Waals surface area (Å²) in [5.41, 5.74) is 3.48. The smallest absolute Gasteiger partial charge is 0.272 e. The fourth-order valence-corrected chi connectivity index (χ4v) is 3.27.